The molecule has 85 heavy (non-hydrogen) atoms. The molecule has 4 N–H and O–H groups in total. The predicted octanol–water partition coefficient (Wildman–Crippen LogP) is 7.62. The molecule has 36 heteroatoms. The number of carbonyl (C=O) groups excluding carboxylic acids is 3. The van der Waals surface area contributed by atoms with Crippen LogP contribution in [-0.4, -0.2) is 128 Å². The van der Waals surface area contributed by atoms with Gasteiger partial charge in [-0.1, -0.05) is 41.1 Å². The molecule has 0 aliphatic heterocycles. The summed E-state index contributed by atoms with van der Waals surface area (Å²) < 4.78 is 221. The van der Waals surface area contributed by atoms with Gasteiger partial charge in [0, 0.05) is 42.0 Å². The largest absolute Gasteiger partial charge is 0.480 e. The van der Waals surface area contributed by atoms with Crippen LogP contribution in [0.2, 0.25) is 5.02 Å². The molecule has 3 atom stereocenters. The number of fused-ring (bicyclic) bond motifs is 4. The fourth-order valence-electron chi connectivity index (χ4n) is 9.21. The number of phosphoric ester groups is 1. The van der Waals surface area contributed by atoms with Crippen LogP contribution in [0.25, 0.3) is 28.1 Å². The first-order chi connectivity index (χ1) is 39.0. The highest BCUT2D eigenvalue weighted by Gasteiger charge is 2.62. The number of aromatic nitrogens is 5. The number of nitrogens with one attached hydrogen (secondary N) is 1. The van der Waals surface area contributed by atoms with Gasteiger partial charge in [-0.15, -0.1) is 0 Å². The van der Waals surface area contributed by atoms with Gasteiger partial charge in [0.15, 0.2) is 21.3 Å². The van der Waals surface area contributed by atoms with Crippen LogP contribution in [0, 0.1) is 29.4 Å². The van der Waals surface area contributed by atoms with Crippen molar-refractivity contribution in [3.63, 3.8) is 0 Å². The number of carboxylic acids is 1. The number of rotatable bonds is 22. The maximum absolute atomic E-state index is 15.9. The molecule has 7 rings (SSSR count). The number of aliphatic carboxylic acids is 1. The zero-order valence-corrected chi connectivity index (χ0v) is 47.7. The van der Waals surface area contributed by atoms with Crippen molar-refractivity contribution >= 4 is 86.0 Å². The molecule has 0 spiro atoms. The third-order valence-corrected chi connectivity index (χ3v) is 17.5. The number of phosphoric acid groups is 1. The van der Waals surface area contributed by atoms with E-state index in [0.717, 1.165) is 36.6 Å². The van der Waals surface area contributed by atoms with Crippen molar-refractivity contribution in [1.29, 1.82) is 0 Å². The minimum Gasteiger partial charge on any atom is -0.480 e. The van der Waals surface area contributed by atoms with Gasteiger partial charge in [-0.2, -0.15) is 49.6 Å². The lowest BCUT2D eigenvalue weighted by molar-refractivity contribution is -0.143. The minimum atomic E-state index is -5.34. The highest BCUT2D eigenvalue weighted by atomic mass is 35.5. The van der Waals surface area contributed by atoms with E-state index in [4.69, 9.17) is 21.4 Å². The number of anilines is 1. The van der Waals surface area contributed by atoms with E-state index < -0.39 is 206 Å². The molecule has 0 saturated carbocycles. The summed E-state index contributed by atoms with van der Waals surface area (Å²) in [6, 6.07) is 4.42. The lowest BCUT2D eigenvalue weighted by Gasteiger charge is -2.25. The highest BCUT2D eigenvalue weighted by molar-refractivity contribution is 7.93. The van der Waals surface area contributed by atoms with Crippen LogP contribution >= 0.6 is 19.4 Å². The number of benzene rings is 2. The Hall–Kier alpha value is -7.15. The number of sulfonamides is 1. The Morgan fingerprint density at radius 1 is 0.953 bits per heavy atom. The van der Waals surface area contributed by atoms with E-state index in [1.54, 1.807) is 0 Å². The molecular formula is C49H46ClF10N8O14PS2. The average molecular weight is 1290 g/mol. The molecule has 0 bridgehead atoms. The quantitative estimate of drug-likeness (QED) is 0.0224. The van der Waals surface area contributed by atoms with Crippen molar-refractivity contribution in [1.82, 2.24) is 34.8 Å². The number of carbonyl (C=O) groups is 4. The van der Waals surface area contributed by atoms with Crippen molar-refractivity contribution in [3.05, 3.63) is 98.6 Å². The van der Waals surface area contributed by atoms with Gasteiger partial charge in [0.1, 0.15) is 42.9 Å². The number of amides is 3. The SMILES string of the molecule is CC(=Cc1ccc(-c2ccc(Cl)c3c(N(C(=O)CCCN(CC(=O)O)C(=O)OCOP(=O)(O)O)S(C)(=O)=O)nn(CC(F)(F)F)c23)c(C(Cc2cc(F)cc(F)c2)NC(=O)Cn2nc(C(F)(F)F)c3c2C(F)(F)[C@@H]2C#C[C@H]32)n1)C(C)(C)S(C)(=O)=O. The van der Waals surface area contributed by atoms with Crippen molar-refractivity contribution in [2.24, 2.45) is 5.92 Å². The Bertz CT molecular complexity index is 3920. The third kappa shape index (κ3) is 14.4. The molecule has 460 valence electrons. The van der Waals surface area contributed by atoms with Crippen molar-refractivity contribution in [2.75, 3.05) is 36.7 Å². The summed E-state index contributed by atoms with van der Waals surface area (Å²) in [5, 5.41) is 17.7. The molecule has 0 saturated heterocycles. The van der Waals surface area contributed by atoms with E-state index >= 15 is 8.78 Å². The van der Waals surface area contributed by atoms with Crippen LogP contribution in [0.1, 0.15) is 79.5 Å². The van der Waals surface area contributed by atoms with Crippen molar-refractivity contribution in [2.45, 2.75) is 88.1 Å². The standard InChI is InChI=1S/C49H46ClF10N8O14PS2/c1-24(46(2,3)84(4,77)78)15-28-8-9-29(40(61-28)34(18-25-16-26(51)19-27(52)17-25)62-35(69)20-66-43-38(42(63-66)49(58,59)60)31-10-12-32(31)48(43,56)57)30-11-13-33(50)39-41(30)67(22-47(53,54)55)64-44(39)68(85(5,79)80)36(70)7-6-14-65(21-37(71)72)45(73)81-23-82-83(74,75)76/h8-9,11,13,15-17,19,31-32,34H,6-7,14,18,20-23H2,1-5H3,(H,62,69)(H,71,72)(H2,74,75,76)/t31-,32+,34?/m0/s1. The first-order valence-corrected chi connectivity index (χ1v) is 30.0. The van der Waals surface area contributed by atoms with E-state index in [1.807, 2.05) is 0 Å². The van der Waals surface area contributed by atoms with Crippen molar-refractivity contribution in [3.8, 4) is 23.0 Å². The maximum Gasteiger partial charge on any atom is 0.472 e. The van der Waals surface area contributed by atoms with E-state index in [1.165, 1.54) is 32.9 Å². The Morgan fingerprint density at radius 2 is 1.59 bits per heavy atom. The lowest BCUT2D eigenvalue weighted by Crippen LogP contribution is -2.39. The maximum atomic E-state index is 15.9. The van der Waals surface area contributed by atoms with Gasteiger partial charge in [0.2, 0.25) is 28.6 Å². The second-order valence-electron chi connectivity index (χ2n) is 19.9. The van der Waals surface area contributed by atoms with E-state index in [-0.39, 0.29) is 36.1 Å². The van der Waals surface area contributed by atoms with Crippen LogP contribution in [0.15, 0.2) is 48.0 Å². The molecule has 2 aromatic carbocycles. The molecule has 1 unspecified atom stereocenters. The molecule has 3 aromatic heterocycles. The fourth-order valence-corrected chi connectivity index (χ4v) is 11.2. The van der Waals surface area contributed by atoms with Gasteiger partial charge < -0.3 is 24.9 Å². The van der Waals surface area contributed by atoms with Gasteiger partial charge >= 0.3 is 38.2 Å². The van der Waals surface area contributed by atoms with Crippen molar-refractivity contribution < 1.29 is 109 Å². The summed E-state index contributed by atoms with van der Waals surface area (Å²) in [4.78, 5) is 75.5. The first kappa shape index (κ1) is 65.4. The second kappa shape index (κ2) is 23.6. The Labute approximate surface area is 479 Å². The highest BCUT2D eigenvalue weighted by Crippen LogP contribution is 2.58. The summed E-state index contributed by atoms with van der Waals surface area (Å²) in [5.74, 6) is -11.3. The van der Waals surface area contributed by atoms with Crippen LogP contribution in [0.4, 0.5) is 54.5 Å². The van der Waals surface area contributed by atoms with Crippen LogP contribution < -0.4 is 9.62 Å². The van der Waals surface area contributed by atoms with E-state index in [2.05, 4.69) is 41.6 Å². The summed E-state index contributed by atoms with van der Waals surface area (Å²) in [7, 11) is -14.2. The van der Waals surface area contributed by atoms with Crippen LogP contribution in [-0.2, 0) is 79.7 Å². The van der Waals surface area contributed by atoms with Crippen LogP contribution in [0.5, 0.6) is 0 Å². The molecule has 0 fully saturated rings. The summed E-state index contributed by atoms with van der Waals surface area (Å²) in [5.41, 5.74) is -6.58. The zero-order valence-electron chi connectivity index (χ0n) is 44.4. The number of sulfone groups is 1. The number of pyridine rings is 1. The third-order valence-electron chi connectivity index (χ3n) is 13.5. The second-order valence-corrected chi connectivity index (χ2v) is 26.0. The normalized spacial score (nSPS) is 16.4. The molecule has 3 amide bonds. The van der Waals surface area contributed by atoms with Gasteiger partial charge in [-0.05, 0) is 69.5 Å². The summed E-state index contributed by atoms with van der Waals surface area (Å²) in [6.07, 6.45) is -12.0. The van der Waals surface area contributed by atoms with E-state index in [0.29, 0.717) is 17.2 Å². The number of nitrogens with zero attached hydrogens (tertiary/aromatic N) is 7. The first-order valence-electron chi connectivity index (χ1n) is 24.3. The van der Waals surface area contributed by atoms with Gasteiger partial charge in [-0.25, -0.2) is 39.5 Å². The lowest BCUT2D eigenvalue weighted by atomic mass is 9.84. The molecule has 22 nitrogen and oxygen atoms in total. The van der Waals surface area contributed by atoms with Gasteiger partial charge in [-0.3, -0.25) is 33.6 Å². The number of alkyl halides is 8. The molecule has 2 aliphatic carbocycles. The number of ether oxygens (including phenoxy) is 1. The van der Waals surface area contributed by atoms with Crippen LogP contribution in [0.3, 0.4) is 0 Å². The summed E-state index contributed by atoms with van der Waals surface area (Å²) in [6.45, 7) is -2.81. The number of hydrogen-bond donors (Lipinski definition) is 4. The molecule has 5 aromatic rings. The number of hydrogen-bond acceptors (Lipinski definition) is 14. The molecule has 0 radical (unpaired) electrons. The number of carboxylic acid groups (broad SMARTS) is 1. The molecule has 2 aliphatic rings. The smallest absolute Gasteiger partial charge is 0.472 e. The average Bonchev–Trinajstić information content (AvgIpc) is 1.57. The Kier molecular flexibility index (Phi) is 18.2. The zero-order chi connectivity index (χ0) is 63.5. The molecule has 3 heterocycles. The number of halogens is 11. The van der Waals surface area contributed by atoms with Gasteiger partial charge in [0.25, 0.3) is 0 Å². The monoisotopic (exact) mass is 1290 g/mol. The minimum absolute atomic E-state index is 0.0657. The van der Waals surface area contributed by atoms with Gasteiger partial charge in [0.05, 0.1) is 50.3 Å². The Balaban J connectivity index is 1.42. The Morgan fingerprint density at radius 3 is 2.14 bits per heavy atom. The molecular weight excluding hydrogens is 1250 g/mol. The predicted molar refractivity (Wildman–Crippen MR) is 278 cm³/mol. The topological polar surface area (TPSA) is 300 Å². The fraction of sp³-hybridized carbons (Fsp3) is 0.408. The van der Waals surface area contributed by atoms with E-state index in [9.17, 15) is 80.8 Å². The summed E-state index contributed by atoms with van der Waals surface area (Å²) >= 11 is 6.68.